The molecule has 2 rings (SSSR count). The Morgan fingerprint density at radius 3 is 3.05 bits per heavy atom. The lowest BCUT2D eigenvalue weighted by Gasteiger charge is -2.31. The fourth-order valence-corrected chi connectivity index (χ4v) is 2.62. The van der Waals surface area contributed by atoms with Crippen molar-refractivity contribution >= 4 is 5.91 Å². The van der Waals surface area contributed by atoms with Gasteiger partial charge in [0.15, 0.2) is 0 Å². The number of carbonyl (C=O) groups is 1. The molecule has 20 heavy (non-hydrogen) atoms. The number of nitrogens with zero attached hydrogens (tertiary/aromatic N) is 2. The third-order valence-electron chi connectivity index (χ3n) is 3.78. The van der Waals surface area contributed by atoms with Crippen molar-refractivity contribution in [2.75, 3.05) is 13.7 Å². The van der Waals surface area contributed by atoms with Gasteiger partial charge >= 0.3 is 0 Å². The van der Waals surface area contributed by atoms with E-state index in [-0.39, 0.29) is 17.9 Å². The minimum Gasteiger partial charge on any atom is -0.378 e. The summed E-state index contributed by atoms with van der Waals surface area (Å²) in [5.74, 6) is 0.0764. The molecular formula is C16H20N2O2. The normalized spacial score (nSPS) is 22.1. The third kappa shape index (κ3) is 3.37. The molecule has 4 heteroatoms. The Morgan fingerprint density at radius 2 is 2.35 bits per heavy atom. The summed E-state index contributed by atoms with van der Waals surface area (Å²) in [5, 5.41) is 8.90. The van der Waals surface area contributed by atoms with Gasteiger partial charge in [-0.15, -0.1) is 0 Å². The summed E-state index contributed by atoms with van der Waals surface area (Å²) in [4.78, 5) is 14.2. The summed E-state index contributed by atoms with van der Waals surface area (Å²) in [6, 6.07) is 9.49. The molecule has 2 unspecified atom stereocenters. The average molecular weight is 272 g/mol. The maximum atomic E-state index is 12.4. The molecule has 1 heterocycles. The lowest BCUT2D eigenvalue weighted by molar-refractivity contribution is -0.143. The van der Waals surface area contributed by atoms with E-state index < -0.39 is 0 Å². The molecule has 1 aromatic carbocycles. The van der Waals surface area contributed by atoms with Crippen molar-refractivity contribution < 1.29 is 9.53 Å². The van der Waals surface area contributed by atoms with Gasteiger partial charge < -0.3 is 9.64 Å². The topological polar surface area (TPSA) is 53.3 Å². The lowest BCUT2D eigenvalue weighted by atomic mass is 9.94. The number of ether oxygens (including phenoxy) is 1. The minimum absolute atomic E-state index is 0.0101. The van der Waals surface area contributed by atoms with Crippen LogP contribution in [0.2, 0.25) is 0 Å². The highest BCUT2D eigenvalue weighted by atomic mass is 16.5. The maximum absolute atomic E-state index is 12.4. The molecule has 1 aromatic rings. The zero-order valence-electron chi connectivity index (χ0n) is 12.0. The molecule has 106 valence electrons. The van der Waals surface area contributed by atoms with Crippen LogP contribution in [-0.2, 0) is 16.1 Å². The van der Waals surface area contributed by atoms with Gasteiger partial charge in [-0.3, -0.25) is 4.79 Å². The maximum Gasteiger partial charge on any atom is 0.228 e. The van der Waals surface area contributed by atoms with E-state index >= 15 is 0 Å². The van der Waals surface area contributed by atoms with Crippen LogP contribution in [0.4, 0.5) is 0 Å². The molecule has 0 N–H and O–H groups in total. The third-order valence-corrected chi connectivity index (χ3v) is 3.78. The summed E-state index contributed by atoms with van der Waals surface area (Å²) in [6.45, 7) is 3.24. The van der Waals surface area contributed by atoms with Crippen LogP contribution in [0, 0.1) is 17.2 Å². The van der Waals surface area contributed by atoms with Crippen LogP contribution in [0.5, 0.6) is 0 Å². The van der Waals surface area contributed by atoms with Crippen LogP contribution in [0.25, 0.3) is 0 Å². The highest BCUT2D eigenvalue weighted by Gasteiger charge is 2.30. The van der Waals surface area contributed by atoms with E-state index in [9.17, 15) is 4.79 Å². The van der Waals surface area contributed by atoms with Gasteiger partial charge in [0, 0.05) is 20.2 Å². The standard InChI is InChI=1S/C16H20N2O2/c1-12-15(7-4-8-20-12)16(19)18(2)11-14-6-3-5-13(9-14)10-17/h3,5-6,9,12,15H,4,7-8,11H2,1-2H3. The SMILES string of the molecule is CC1OCCCC1C(=O)N(C)Cc1cccc(C#N)c1. The highest BCUT2D eigenvalue weighted by Crippen LogP contribution is 2.23. The predicted octanol–water partition coefficient (Wildman–Crippen LogP) is 2.33. The first kappa shape index (κ1) is 14.5. The Bertz CT molecular complexity index is 521. The first-order chi connectivity index (χ1) is 9.61. The number of hydrogen-bond donors (Lipinski definition) is 0. The van der Waals surface area contributed by atoms with Crippen LogP contribution in [0.1, 0.15) is 30.9 Å². The van der Waals surface area contributed by atoms with Crippen molar-refractivity contribution in [1.82, 2.24) is 4.90 Å². The molecule has 0 bridgehead atoms. The molecule has 0 aromatic heterocycles. The van der Waals surface area contributed by atoms with Gasteiger partial charge in [-0.25, -0.2) is 0 Å². The van der Waals surface area contributed by atoms with Crippen molar-refractivity contribution in [1.29, 1.82) is 5.26 Å². The molecule has 4 nitrogen and oxygen atoms in total. The zero-order chi connectivity index (χ0) is 14.5. The van der Waals surface area contributed by atoms with Gasteiger partial charge in [0.25, 0.3) is 0 Å². The molecule has 1 aliphatic heterocycles. The highest BCUT2D eigenvalue weighted by molar-refractivity contribution is 5.79. The smallest absolute Gasteiger partial charge is 0.228 e. The summed E-state index contributed by atoms with van der Waals surface area (Å²) < 4.78 is 5.56. The Morgan fingerprint density at radius 1 is 1.55 bits per heavy atom. The quantitative estimate of drug-likeness (QED) is 0.848. The number of amides is 1. The second kappa shape index (κ2) is 6.53. The van der Waals surface area contributed by atoms with Gasteiger partial charge in [-0.05, 0) is 37.5 Å². The number of carbonyl (C=O) groups excluding carboxylic acids is 1. The van der Waals surface area contributed by atoms with Crippen molar-refractivity contribution in [3.05, 3.63) is 35.4 Å². The molecule has 1 aliphatic rings. The fraction of sp³-hybridized carbons (Fsp3) is 0.500. The Balaban J connectivity index is 2.01. The first-order valence-electron chi connectivity index (χ1n) is 6.97. The molecule has 0 aliphatic carbocycles. The largest absolute Gasteiger partial charge is 0.378 e. The monoisotopic (exact) mass is 272 g/mol. The molecular weight excluding hydrogens is 252 g/mol. The van der Waals surface area contributed by atoms with Crippen LogP contribution in [0.15, 0.2) is 24.3 Å². The van der Waals surface area contributed by atoms with Crippen LogP contribution < -0.4 is 0 Å². The van der Waals surface area contributed by atoms with E-state index in [1.807, 2.05) is 32.2 Å². The predicted molar refractivity (Wildman–Crippen MR) is 75.8 cm³/mol. The average Bonchev–Trinajstić information content (AvgIpc) is 2.47. The lowest BCUT2D eigenvalue weighted by Crippen LogP contribution is -2.40. The van der Waals surface area contributed by atoms with Gasteiger partial charge in [-0.2, -0.15) is 5.26 Å². The molecule has 0 radical (unpaired) electrons. The van der Waals surface area contributed by atoms with Gasteiger partial charge in [0.1, 0.15) is 0 Å². The van der Waals surface area contributed by atoms with Crippen molar-refractivity contribution in [2.24, 2.45) is 5.92 Å². The second-order valence-electron chi connectivity index (χ2n) is 5.33. The number of rotatable bonds is 3. The summed E-state index contributed by atoms with van der Waals surface area (Å²) in [6.07, 6.45) is 1.82. The first-order valence-corrected chi connectivity index (χ1v) is 6.97. The summed E-state index contributed by atoms with van der Waals surface area (Å²) >= 11 is 0. The Kier molecular flexibility index (Phi) is 4.75. The minimum atomic E-state index is -0.0482. The van der Waals surface area contributed by atoms with Gasteiger partial charge in [0.05, 0.1) is 23.7 Å². The molecule has 1 amide bonds. The Hall–Kier alpha value is -1.86. The molecule has 0 spiro atoms. The number of hydrogen-bond acceptors (Lipinski definition) is 3. The van der Waals surface area contributed by atoms with Crippen molar-refractivity contribution in [2.45, 2.75) is 32.4 Å². The molecule has 2 atom stereocenters. The second-order valence-corrected chi connectivity index (χ2v) is 5.33. The van der Waals surface area contributed by atoms with Gasteiger partial charge in [0.2, 0.25) is 5.91 Å². The molecule has 1 fully saturated rings. The number of benzene rings is 1. The van der Waals surface area contributed by atoms with E-state index in [0.29, 0.717) is 12.1 Å². The zero-order valence-corrected chi connectivity index (χ0v) is 12.0. The van der Waals surface area contributed by atoms with Crippen molar-refractivity contribution in [3.63, 3.8) is 0 Å². The van der Waals surface area contributed by atoms with E-state index in [1.54, 1.807) is 11.0 Å². The fourth-order valence-electron chi connectivity index (χ4n) is 2.62. The molecule has 0 saturated carbocycles. The van der Waals surface area contributed by atoms with E-state index in [0.717, 1.165) is 25.0 Å². The van der Waals surface area contributed by atoms with Crippen LogP contribution >= 0.6 is 0 Å². The summed E-state index contributed by atoms with van der Waals surface area (Å²) in [7, 11) is 1.81. The van der Waals surface area contributed by atoms with Gasteiger partial charge in [-0.1, -0.05) is 12.1 Å². The molecule has 1 saturated heterocycles. The number of nitriles is 1. The van der Waals surface area contributed by atoms with Crippen molar-refractivity contribution in [3.8, 4) is 6.07 Å². The van der Waals surface area contributed by atoms with E-state index in [1.165, 1.54) is 0 Å². The van der Waals surface area contributed by atoms with E-state index in [2.05, 4.69) is 6.07 Å². The summed E-state index contributed by atoms with van der Waals surface area (Å²) in [5.41, 5.74) is 1.60. The van der Waals surface area contributed by atoms with Crippen LogP contribution in [-0.4, -0.2) is 30.6 Å². The van der Waals surface area contributed by atoms with Crippen LogP contribution in [0.3, 0.4) is 0 Å². The Labute approximate surface area is 120 Å². The van der Waals surface area contributed by atoms with E-state index in [4.69, 9.17) is 10.00 Å².